The van der Waals surface area contributed by atoms with Crippen molar-refractivity contribution >= 4 is 27.4 Å². The molecule has 0 atom stereocenters. The molecule has 4 rings (SSSR count). The van der Waals surface area contributed by atoms with Gasteiger partial charge in [0.15, 0.2) is 5.78 Å². The van der Waals surface area contributed by atoms with E-state index in [1.165, 1.54) is 6.07 Å². The molecule has 146 valence electrons. The summed E-state index contributed by atoms with van der Waals surface area (Å²) in [5, 5.41) is 7.96. The summed E-state index contributed by atoms with van der Waals surface area (Å²) in [5.41, 5.74) is 3.94. The van der Waals surface area contributed by atoms with Gasteiger partial charge in [-0.25, -0.2) is 13.6 Å². The first-order valence-corrected chi connectivity index (χ1v) is 10.6. The lowest BCUT2D eigenvalue weighted by Gasteiger charge is -2.11. The summed E-state index contributed by atoms with van der Waals surface area (Å²) < 4.78 is 23.6. The van der Waals surface area contributed by atoms with Crippen molar-refractivity contribution in [2.24, 2.45) is 5.14 Å². The highest BCUT2D eigenvalue weighted by Gasteiger charge is 2.27. The summed E-state index contributed by atoms with van der Waals surface area (Å²) in [4.78, 5) is 25.3. The summed E-state index contributed by atoms with van der Waals surface area (Å²) in [6.45, 7) is 1.82. The van der Waals surface area contributed by atoms with E-state index in [-0.39, 0.29) is 10.7 Å². The Morgan fingerprint density at radius 1 is 0.931 bits per heavy atom. The lowest BCUT2D eigenvalue weighted by molar-refractivity contribution is 0.102. The molecule has 0 saturated carbocycles. The van der Waals surface area contributed by atoms with Gasteiger partial charge in [-0.3, -0.25) is 9.59 Å². The molecule has 3 aromatic rings. The van der Waals surface area contributed by atoms with E-state index in [0.29, 0.717) is 34.4 Å². The number of hydrogen-bond donors (Lipinski definition) is 2. The minimum Gasteiger partial charge on any atom is -0.322 e. The van der Waals surface area contributed by atoms with Crippen molar-refractivity contribution in [2.45, 2.75) is 18.2 Å². The first kappa shape index (κ1) is 19.0. The van der Waals surface area contributed by atoms with Crippen LogP contribution in [0.5, 0.6) is 0 Å². The number of nitrogens with two attached hydrogens (primary N) is 1. The molecule has 0 radical (unpaired) electrons. The summed E-state index contributed by atoms with van der Waals surface area (Å²) >= 11 is 0. The van der Waals surface area contributed by atoms with Gasteiger partial charge in [-0.1, -0.05) is 43.3 Å². The Morgan fingerprint density at radius 2 is 1.62 bits per heavy atom. The van der Waals surface area contributed by atoms with Crippen LogP contribution in [0.3, 0.4) is 0 Å². The molecule has 0 aliphatic heterocycles. The molecular formula is C22H18N2O4S. The Bertz CT molecular complexity index is 1280. The number of sulfonamides is 1. The smallest absolute Gasteiger partial charge is 0.255 e. The number of benzene rings is 3. The number of nitrogens with one attached hydrogen (secondary N) is 1. The molecule has 6 nitrogen and oxygen atoms in total. The zero-order valence-electron chi connectivity index (χ0n) is 15.6. The summed E-state index contributed by atoms with van der Waals surface area (Å²) in [6, 6.07) is 16.9. The van der Waals surface area contributed by atoms with Crippen molar-refractivity contribution < 1.29 is 18.0 Å². The summed E-state index contributed by atoms with van der Waals surface area (Å²) in [6.07, 6.45) is 0.494. The van der Waals surface area contributed by atoms with E-state index in [9.17, 15) is 18.0 Å². The number of amides is 1. The molecular weight excluding hydrogens is 388 g/mol. The Balaban J connectivity index is 1.65. The first-order valence-electron chi connectivity index (χ1n) is 9.05. The second-order valence-electron chi connectivity index (χ2n) is 6.81. The molecule has 0 spiro atoms. The minimum atomic E-state index is -3.91. The van der Waals surface area contributed by atoms with E-state index in [1.807, 2.05) is 19.1 Å². The van der Waals surface area contributed by atoms with Crippen LogP contribution in [0.4, 0.5) is 5.69 Å². The van der Waals surface area contributed by atoms with Gasteiger partial charge >= 0.3 is 0 Å². The normalized spacial score (nSPS) is 12.4. The molecule has 3 N–H and O–H groups in total. The van der Waals surface area contributed by atoms with Crippen LogP contribution in [-0.4, -0.2) is 20.1 Å². The number of ketones is 1. The van der Waals surface area contributed by atoms with Crippen LogP contribution in [0.25, 0.3) is 11.1 Å². The van der Waals surface area contributed by atoms with Crippen LogP contribution >= 0.6 is 0 Å². The van der Waals surface area contributed by atoms with Gasteiger partial charge in [-0.05, 0) is 47.4 Å². The quantitative estimate of drug-likeness (QED) is 0.542. The number of primary sulfonamides is 1. The van der Waals surface area contributed by atoms with Crippen LogP contribution < -0.4 is 10.5 Å². The predicted molar refractivity (Wildman–Crippen MR) is 110 cm³/mol. The van der Waals surface area contributed by atoms with Gasteiger partial charge in [-0.2, -0.15) is 0 Å². The Hall–Kier alpha value is -3.29. The average molecular weight is 406 g/mol. The fourth-order valence-corrected chi connectivity index (χ4v) is 4.43. The third-order valence-electron chi connectivity index (χ3n) is 5.00. The van der Waals surface area contributed by atoms with Gasteiger partial charge in [0.25, 0.3) is 5.91 Å². The number of anilines is 1. The number of carbonyl (C=O) groups excluding carboxylic acids is 2. The topological polar surface area (TPSA) is 106 Å². The number of aryl methyl sites for hydroxylation is 1. The van der Waals surface area contributed by atoms with Gasteiger partial charge in [-0.15, -0.1) is 0 Å². The lowest BCUT2D eigenvalue weighted by atomic mass is 10.0. The highest BCUT2D eigenvalue weighted by Crippen LogP contribution is 2.36. The molecule has 29 heavy (non-hydrogen) atoms. The van der Waals surface area contributed by atoms with Gasteiger partial charge in [0.05, 0.1) is 4.90 Å². The molecule has 1 amide bonds. The van der Waals surface area contributed by atoms with E-state index in [4.69, 9.17) is 5.14 Å². The maximum Gasteiger partial charge on any atom is 0.255 e. The molecule has 0 fully saturated rings. The maximum atomic E-state index is 12.7. The third kappa shape index (κ3) is 3.35. The first-order chi connectivity index (χ1) is 13.8. The van der Waals surface area contributed by atoms with Crippen LogP contribution in [0.2, 0.25) is 0 Å². The van der Waals surface area contributed by atoms with E-state index >= 15 is 0 Å². The standard InChI is InChI=1S/C22H18N2O4S/c1-2-13-7-9-15(12-20(13)29(23,27)28)24-22(26)14-8-10-17-16-5-3-4-6-18(16)21(25)19(17)11-14/h3-12H,2H2,1H3,(H,24,26)(H2,23,27,28). The number of rotatable bonds is 4. The molecule has 0 bridgehead atoms. The summed E-state index contributed by atoms with van der Waals surface area (Å²) in [5.74, 6) is -0.560. The van der Waals surface area contributed by atoms with E-state index in [0.717, 1.165) is 11.1 Å². The van der Waals surface area contributed by atoms with Gasteiger partial charge in [0, 0.05) is 22.4 Å². The minimum absolute atomic E-state index is 0.0163. The van der Waals surface area contributed by atoms with Crippen LogP contribution in [0, 0.1) is 0 Å². The van der Waals surface area contributed by atoms with Crippen LogP contribution in [-0.2, 0) is 16.4 Å². The SMILES string of the molecule is CCc1ccc(NC(=O)c2ccc3c(c2)C(=O)c2ccccc2-3)cc1S(N)(=O)=O. The average Bonchev–Trinajstić information content (AvgIpc) is 2.99. The molecule has 0 heterocycles. The van der Waals surface area contributed by atoms with Gasteiger partial charge in [0.2, 0.25) is 10.0 Å². The molecule has 7 heteroatoms. The Kier molecular flexibility index (Phi) is 4.56. The monoisotopic (exact) mass is 406 g/mol. The van der Waals surface area contributed by atoms with E-state index in [2.05, 4.69) is 5.32 Å². The van der Waals surface area contributed by atoms with Crippen molar-refractivity contribution in [1.82, 2.24) is 0 Å². The predicted octanol–water partition coefficient (Wildman–Crippen LogP) is 3.36. The van der Waals surface area contributed by atoms with Crippen molar-refractivity contribution in [3.63, 3.8) is 0 Å². The number of hydrogen-bond acceptors (Lipinski definition) is 4. The van der Waals surface area contributed by atoms with E-state index < -0.39 is 15.9 Å². The molecule has 3 aromatic carbocycles. The van der Waals surface area contributed by atoms with Crippen molar-refractivity contribution in [2.75, 3.05) is 5.32 Å². The van der Waals surface area contributed by atoms with Crippen molar-refractivity contribution in [3.8, 4) is 11.1 Å². The highest BCUT2D eigenvalue weighted by molar-refractivity contribution is 7.89. The van der Waals surface area contributed by atoms with Crippen LogP contribution in [0.15, 0.2) is 65.6 Å². The second-order valence-corrected chi connectivity index (χ2v) is 8.34. The van der Waals surface area contributed by atoms with Crippen LogP contribution in [0.1, 0.15) is 38.8 Å². The lowest BCUT2D eigenvalue weighted by Crippen LogP contribution is -2.17. The molecule has 0 unspecified atom stereocenters. The van der Waals surface area contributed by atoms with Gasteiger partial charge < -0.3 is 5.32 Å². The number of fused-ring (bicyclic) bond motifs is 3. The fraction of sp³-hybridized carbons (Fsp3) is 0.0909. The number of carbonyl (C=O) groups is 2. The maximum absolute atomic E-state index is 12.7. The van der Waals surface area contributed by atoms with Crippen molar-refractivity contribution in [1.29, 1.82) is 0 Å². The Morgan fingerprint density at radius 3 is 2.31 bits per heavy atom. The fourth-order valence-electron chi connectivity index (χ4n) is 3.56. The zero-order chi connectivity index (χ0) is 20.8. The molecule has 1 aliphatic rings. The largest absolute Gasteiger partial charge is 0.322 e. The third-order valence-corrected chi connectivity index (χ3v) is 5.99. The van der Waals surface area contributed by atoms with Gasteiger partial charge in [0.1, 0.15) is 0 Å². The molecule has 0 saturated heterocycles. The van der Waals surface area contributed by atoms with E-state index in [1.54, 1.807) is 42.5 Å². The second kappa shape index (κ2) is 6.95. The summed E-state index contributed by atoms with van der Waals surface area (Å²) in [7, 11) is -3.91. The molecule has 0 aromatic heterocycles. The highest BCUT2D eigenvalue weighted by atomic mass is 32.2. The molecule has 1 aliphatic carbocycles. The zero-order valence-corrected chi connectivity index (χ0v) is 16.4. The van der Waals surface area contributed by atoms with Crippen molar-refractivity contribution in [3.05, 3.63) is 82.9 Å². The Labute approximate surface area is 168 Å².